The molecule has 0 aliphatic heterocycles. The number of ether oxygens (including phenoxy) is 1. The lowest BCUT2D eigenvalue weighted by atomic mass is 10.2. The van der Waals surface area contributed by atoms with Gasteiger partial charge in [-0.15, -0.1) is 0 Å². The fourth-order valence-electron chi connectivity index (χ4n) is 1.70. The highest BCUT2D eigenvalue weighted by molar-refractivity contribution is 7.07. The molecule has 0 spiro atoms. The average molecular weight is 277 g/mol. The van der Waals surface area contributed by atoms with Crippen molar-refractivity contribution in [2.24, 2.45) is 0 Å². The van der Waals surface area contributed by atoms with Crippen LogP contribution < -0.4 is 10.1 Å². The van der Waals surface area contributed by atoms with Crippen LogP contribution in [0.15, 0.2) is 47.2 Å². The second-order valence-electron chi connectivity index (χ2n) is 4.36. The number of hydrogen-bond donors (Lipinski definition) is 2. The van der Waals surface area contributed by atoms with Crippen LogP contribution >= 0.6 is 11.3 Å². The largest absolute Gasteiger partial charge is 0.491 e. The third-order valence-electron chi connectivity index (χ3n) is 2.74. The average Bonchev–Trinajstić information content (AvgIpc) is 2.96. The highest BCUT2D eigenvalue weighted by Crippen LogP contribution is 2.08. The lowest BCUT2D eigenvalue weighted by molar-refractivity contribution is 0.106. The number of aliphatic hydroxyl groups excluding tert-OH is 1. The van der Waals surface area contributed by atoms with Crippen molar-refractivity contribution in [1.29, 1.82) is 0 Å². The van der Waals surface area contributed by atoms with Crippen LogP contribution in [0.1, 0.15) is 5.56 Å². The van der Waals surface area contributed by atoms with Crippen LogP contribution in [0.3, 0.4) is 0 Å². The van der Waals surface area contributed by atoms with Crippen LogP contribution in [0, 0.1) is 0 Å². The summed E-state index contributed by atoms with van der Waals surface area (Å²) < 4.78 is 5.48. The Morgan fingerprint density at radius 1 is 1.21 bits per heavy atom. The first-order valence-electron chi connectivity index (χ1n) is 6.42. The predicted molar refractivity (Wildman–Crippen MR) is 78.8 cm³/mol. The minimum absolute atomic E-state index is 0.315. The molecule has 1 heterocycles. The second-order valence-corrected chi connectivity index (χ2v) is 5.14. The molecule has 3 nitrogen and oxygen atoms in total. The fourth-order valence-corrected chi connectivity index (χ4v) is 2.41. The van der Waals surface area contributed by atoms with Crippen molar-refractivity contribution in [3.8, 4) is 5.75 Å². The van der Waals surface area contributed by atoms with Gasteiger partial charge in [0.25, 0.3) is 0 Å². The van der Waals surface area contributed by atoms with Gasteiger partial charge in [0.2, 0.25) is 0 Å². The molecule has 0 radical (unpaired) electrons. The van der Waals surface area contributed by atoms with Gasteiger partial charge in [0.05, 0.1) is 0 Å². The molecule has 0 saturated heterocycles. The van der Waals surface area contributed by atoms with Crippen LogP contribution in [0.5, 0.6) is 5.75 Å². The number of thiophene rings is 1. The van der Waals surface area contributed by atoms with Gasteiger partial charge >= 0.3 is 0 Å². The van der Waals surface area contributed by atoms with Gasteiger partial charge in [0.1, 0.15) is 18.5 Å². The van der Waals surface area contributed by atoms with Crippen molar-refractivity contribution >= 4 is 11.3 Å². The SMILES string of the molecule is OC(CNCCc1ccsc1)COc1ccccc1. The first-order chi connectivity index (χ1) is 9.34. The Morgan fingerprint density at radius 3 is 2.79 bits per heavy atom. The number of para-hydroxylation sites is 1. The smallest absolute Gasteiger partial charge is 0.119 e. The molecule has 0 amide bonds. The minimum atomic E-state index is -0.484. The van der Waals surface area contributed by atoms with Crippen LogP contribution in [0.4, 0.5) is 0 Å². The Kier molecular flexibility index (Phi) is 5.88. The van der Waals surface area contributed by atoms with Crippen molar-refractivity contribution in [2.45, 2.75) is 12.5 Å². The number of aliphatic hydroxyl groups is 1. The molecule has 0 saturated carbocycles. The van der Waals surface area contributed by atoms with Gasteiger partial charge in [-0.3, -0.25) is 0 Å². The van der Waals surface area contributed by atoms with Crippen LogP contribution in [0.2, 0.25) is 0 Å². The number of benzene rings is 1. The number of nitrogens with one attached hydrogen (secondary N) is 1. The van der Waals surface area contributed by atoms with Crippen molar-refractivity contribution in [3.63, 3.8) is 0 Å². The van der Waals surface area contributed by atoms with Crippen molar-refractivity contribution < 1.29 is 9.84 Å². The molecule has 4 heteroatoms. The summed E-state index contributed by atoms with van der Waals surface area (Å²) in [6, 6.07) is 11.7. The van der Waals surface area contributed by atoms with Crippen molar-refractivity contribution in [3.05, 3.63) is 52.7 Å². The summed E-state index contributed by atoms with van der Waals surface area (Å²) in [5.74, 6) is 0.792. The Hall–Kier alpha value is -1.36. The van der Waals surface area contributed by atoms with E-state index in [9.17, 15) is 5.11 Å². The molecule has 1 aromatic heterocycles. The molecular formula is C15H19NO2S. The monoisotopic (exact) mass is 277 g/mol. The summed E-state index contributed by atoms with van der Waals surface area (Å²) in [4.78, 5) is 0. The summed E-state index contributed by atoms with van der Waals surface area (Å²) in [5, 5.41) is 17.2. The fraction of sp³-hybridized carbons (Fsp3) is 0.333. The van der Waals surface area contributed by atoms with E-state index >= 15 is 0 Å². The maximum Gasteiger partial charge on any atom is 0.119 e. The van der Waals surface area contributed by atoms with E-state index in [0.717, 1.165) is 18.7 Å². The Balaban J connectivity index is 1.56. The van der Waals surface area contributed by atoms with Gasteiger partial charge < -0.3 is 15.2 Å². The predicted octanol–water partition coefficient (Wildman–Crippen LogP) is 2.32. The molecule has 0 fully saturated rings. The molecule has 2 aromatic rings. The van der Waals surface area contributed by atoms with Crippen LogP contribution in [-0.4, -0.2) is 30.9 Å². The molecule has 2 N–H and O–H groups in total. The summed E-state index contributed by atoms with van der Waals surface area (Å²) >= 11 is 1.71. The number of hydrogen-bond acceptors (Lipinski definition) is 4. The van der Waals surface area contributed by atoms with E-state index < -0.39 is 6.10 Å². The normalized spacial score (nSPS) is 12.3. The van der Waals surface area contributed by atoms with Gasteiger partial charge in [-0.05, 0) is 47.5 Å². The van der Waals surface area contributed by atoms with Gasteiger partial charge in [0.15, 0.2) is 0 Å². The molecular weight excluding hydrogens is 258 g/mol. The van der Waals surface area contributed by atoms with E-state index in [4.69, 9.17) is 4.74 Å². The van der Waals surface area contributed by atoms with E-state index in [-0.39, 0.29) is 0 Å². The molecule has 1 unspecified atom stereocenters. The molecule has 0 aliphatic carbocycles. The highest BCUT2D eigenvalue weighted by atomic mass is 32.1. The molecule has 0 bridgehead atoms. The quantitative estimate of drug-likeness (QED) is 0.728. The van der Waals surface area contributed by atoms with E-state index in [1.807, 2.05) is 30.3 Å². The van der Waals surface area contributed by atoms with E-state index in [2.05, 4.69) is 22.1 Å². The molecule has 0 aliphatic rings. The summed E-state index contributed by atoms with van der Waals surface area (Å²) in [6.45, 7) is 1.74. The van der Waals surface area contributed by atoms with Crippen LogP contribution in [0.25, 0.3) is 0 Å². The Morgan fingerprint density at radius 2 is 2.05 bits per heavy atom. The van der Waals surface area contributed by atoms with Crippen molar-refractivity contribution in [2.75, 3.05) is 19.7 Å². The lowest BCUT2D eigenvalue weighted by Gasteiger charge is -2.13. The molecule has 102 valence electrons. The Labute approximate surface area is 117 Å². The van der Waals surface area contributed by atoms with E-state index in [1.165, 1.54) is 5.56 Å². The van der Waals surface area contributed by atoms with Gasteiger partial charge in [0, 0.05) is 6.54 Å². The third kappa shape index (κ3) is 5.42. The standard InChI is InChI=1S/C15H19NO2S/c17-14(11-18-15-4-2-1-3-5-15)10-16-8-6-13-7-9-19-12-13/h1-5,7,9,12,14,16-17H,6,8,10-11H2. The molecule has 19 heavy (non-hydrogen) atoms. The summed E-state index contributed by atoms with van der Waals surface area (Å²) in [5.41, 5.74) is 1.34. The second kappa shape index (κ2) is 7.94. The summed E-state index contributed by atoms with van der Waals surface area (Å²) in [6.07, 6.45) is 0.512. The van der Waals surface area contributed by atoms with Gasteiger partial charge in [-0.2, -0.15) is 11.3 Å². The van der Waals surface area contributed by atoms with Crippen molar-refractivity contribution in [1.82, 2.24) is 5.32 Å². The van der Waals surface area contributed by atoms with E-state index in [0.29, 0.717) is 13.2 Å². The summed E-state index contributed by atoms with van der Waals surface area (Å²) in [7, 11) is 0. The first kappa shape index (κ1) is 14.1. The molecule has 1 atom stereocenters. The maximum atomic E-state index is 9.78. The zero-order chi connectivity index (χ0) is 13.3. The lowest BCUT2D eigenvalue weighted by Crippen LogP contribution is -2.32. The third-order valence-corrected chi connectivity index (χ3v) is 3.47. The van der Waals surface area contributed by atoms with E-state index in [1.54, 1.807) is 11.3 Å². The van der Waals surface area contributed by atoms with Crippen LogP contribution in [-0.2, 0) is 6.42 Å². The molecule has 2 rings (SSSR count). The topological polar surface area (TPSA) is 41.5 Å². The highest BCUT2D eigenvalue weighted by Gasteiger charge is 2.04. The van der Waals surface area contributed by atoms with Gasteiger partial charge in [-0.1, -0.05) is 18.2 Å². The first-order valence-corrected chi connectivity index (χ1v) is 7.36. The zero-order valence-corrected chi connectivity index (χ0v) is 11.6. The number of rotatable bonds is 8. The van der Waals surface area contributed by atoms with Gasteiger partial charge in [-0.25, -0.2) is 0 Å². The zero-order valence-electron chi connectivity index (χ0n) is 10.8. The molecule has 1 aromatic carbocycles. The maximum absolute atomic E-state index is 9.78. The minimum Gasteiger partial charge on any atom is -0.491 e. The Bertz CT molecular complexity index is 444.